The lowest BCUT2D eigenvalue weighted by Gasteiger charge is -2.07. The summed E-state index contributed by atoms with van der Waals surface area (Å²) >= 11 is 1.52. The van der Waals surface area contributed by atoms with E-state index in [1.165, 1.54) is 11.8 Å². The number of benzene rings is 2. The molecule has 0 saturated carbocycles. The number of nitrogens with one attached hydrogen (secondary N) is 2. The van der Waals surface area contributed by atoms with Gasteiger partial charge in [-0.15, -0.1) is 11.8 Å². The number of aromatic nitrogens is 3. The van der Waals surface area contributed by atoms with Gasteiger partial charge in [0, 0.05) is 22.8 Å². The SMILES string of the molecule is FCc1cc(SCc2nc3ccc(Nc4cc(F)ccc4F)cc3[nH]2)ccn1. The summed E-state index contributed by atoms with van der Waals surface area (Å²) in [5.74, 6) is 0.282. The van der Waals surface area contributed by atoms with Crippen molar-refractivity contribution in [2.45, 2.75) is 17.3 Å². The van der Waals surface area contributed by atoms with Crippen LogP contribution in [0.5, 0.6) is 0 Å². The summed E-state index contributed by atoms with van der Waals surface area (Å²) in [5, 5.41) is 2.87. The number of fused-ring (bicyclic) bond motifs is 1. The van der Waals surface area contributed by atoms with Crippen LogP contribution in [-0.4, -0.2) is 15.0 Å². The Morgan fingerprint density at radius 2 is 1.93 bits per heavy atom. The van der Waals surface area contributed by atoms with Gasteiger partial charge < -0.3 is 10.3 Å². The molecule has 2 heterocycles. The van der Waals surface area contributed by atoms with Gasteiger partial charge in [0.1, 0.15) is 24.1 Å². The minimum Gasteiger partial charge on any atom is -0.353 e. The average molecular weight is 400 g/mol. The number of nitrogens with zero attached hydrogens (tertiary/aromatic N) is 2. The highest BCUT2D eigenvalue weighted by atomic mass is 32.2. The zero-order chi connectivity index (χ0) is 19.5. The molecule has 28 heavy (non-hydrogen) atoms. The van der Waals surface area contributed by atoms with Crippen molar-refractivity contribution in [1.82, 2.24) is 15.0 Å². The number of aromatic amines is 1. The Balaban J connectivity index is 1.50. The zero-order valence-corrected chi connectivity index (χ0v) is 15.4. The Bertz CT molecular complexity index is 1130. The van der Waals surface area contributed by atoms with Crippen LogP contribution in [0.2, 0.25) is 0 Å². The molecule has 0 radical (unpaired) electrons. The number of anilines is 2. The van der Waals surface area contributed by atoms with Crippen molar-refractivity contribution in [1.29, 1.82) is 0 Å². The maximum atomic E-state index is 13.8. The lowest BCUT2D eigenvalue weighted by Crippen LogP contribution is -1.94. The fraction of sp³-hybridized carbons (Fsp3) is 0.100. The van der Waals surface area contributed by atoms with Gasteiger partial charge in [0.15, 0.2) is 0 Å². The normalized spacial score (nSPS) is 11.1. The highest BCUT2D eigenvalue weighted by Gasteiger charge is 2.08. The Labute approximate surface area is 163 Å². The molecule has 4 nitrogen and oxygen atoms in total. The molecule has 0 spiro atoms. The van der Waals surface area contributed by atoms with Gasteiger partial charge in [0.2, 0.25) is 0 Å². The van der Waals surface area contributed by atoms with Crippen molar-refractivity contribution in [3.63, 3.8) is 0 Å². The zero-order valence-electron chi connectivity index (χ0n) is 14.5. The fourth-order valence-electron chi connectivity index (χ4n) is 2.73. The Morgan fingerprint density at radius 1 is 1.04 bits per heavy atom. The molecule has 0 aliphatic heterocycles. The molecule has 0 aliphatic rings. The molecular weight excluding hydrogens is 385 g/mol. The number of rotatable bonds is 6. The number of alkyl halides is 1. The molecule has 0 unspecified atom stereocenters. The molecule has 0 atom stereocenters. The predicted octanol–water partition coefficient (Wildman–Crippen LogP) is 5.74. The Kier molecular flexibility index (Phi) is 5.21. The highest BCUT2D eigenvalue weighted by molar-refractivity contribution is 7.98. The van der Waals surface area contributed by atoms with Gasteiger partial charge in [-0.2, -0.15) is 0 Å². The molecule has 0 aliphatic carbocycles. The van der Waals surface area contributed by atoms with Crippen molar-refractivity contribution in [3.05, 3.63) is 77.9 Å². The monoisotopic (exact) mass is 400 g/mol. The number of halogens is 3. The van der Waals surface area contributed by atoms with Crippen molar-refractivity contribution in [2.75, 3.05) is 5.32 Å². The van der Waals surface area contributed by atoms with Crippen LogP contribution in [-0.2, 0) is 12.4 Å². The van der Waals surface area contributed by atoms with Crippen LogP contribution in [0, 0.1) is 11.6 Å². The predicted molar refractivity (Wildman–Crippen MR) is 104 cm³/mol. The molecule has 142 valence electrons. The topological polar surface area (TPSA) is 53.6 Å². The molecule has 0 amide bonds. The third-order valence-corrected chi connectivity index (χ3v) is 5.04. The number of hydrogen-bond acceptors (Lipinski definition) is 4. The first-order valence-corrected chi connectivity index (χ1v) is 9.44. The Morgan fingerprint density at radius 3 is 2.79 bits per heavy atom. The summed E-state index contributed by atoms with van der Waals surface area (Å²) < 4.78 is 39.8. The molecule has 2 N–H and O–H groups in total. The van der Waals surface area contributed by atoms with E-state index in [2.05, 4.69) is 20.3 Å². The summed E-state index contributed by atoms with van der Waals surface area (Å²) in [4.78, 5) is 12.6. The molecule has 4 rings (SSSR count). The Hall–Kier alpha value is -3.00. The van der Waals surface area contributed by atoms with Gasteiger partial charge in [-0.25, -0.2) is 18.2 Å². The summed E-state index contributed by atoms with van der Waals surface area (Å²) in [5.41, 5.74) is 2.61. The molecule has 0 saturated heterocycles. The minimum absolute atomic E-state index is 0.0657. The number of H-pyrrole nitrogens is 1. The number of pyridine rings is 1. The maximum absolute atomic E-state index is 13.8. The molecule has 8 heteroatoms. The molecule has 2 aromatic carbocycles. The molecule has 2 aromatic heterocycles. The second-order valence-corrected chi connectivity index (χ2v) is 7.12. The van der Waals surface area contributed by atoms with Crippen LogP contribution in [0.3, 0.4) is 0 Å². The second kappa shape index (κ2) is 7.93. The van der Waals surface area contributed by atoms with Gasteiger partial charge in [-0.3, -0.25) is 4.98 Å². The molecule has 0 fully saturated rings. The first-order chi connectivity index (χ1) is 13.6. The molecule has 0 bridgehead atoms. The summed E-state index contributed by atoms with van der Waals surface area (Å²) in [7, 11) is 0. The third-order valence-electron chi connectivity index (χ3n) is 4.04. The molecule has 4 aromatic rings. The highest BCUT2D eigenvalue weighted by Crippen LogP contribution is 2.26. The first kappa shape index (κ1) is 18.4. The van der Waals surface area contributed by atoms with Crippen molar-refractivity contribution in [3.8, 4) is 0 Å². The number of hydrogen-bond donors (Lipinski definition) is 2. The summed E-state index contributed by atoms with van der Waals surface area (Å²) in [6.45, 7) is -0.597. The maximum Gasteiger partial charge on any atom is 0.146 e. The standard InChI is InChI=1S/C20H15F3N4S/c21-10-14-8-15(5-6-24-14)28-11-20-26-17-4-2-13(9-19(17)27-20)25-18-7-12(22)1-3-16(18)23/h1-9,25H,10-11H2,(H,26,27). The number of thioether (sulfide) groups is 1. The summed E-state index contributed by atoms with van der Waals surface area (Å²) in [6, 6.07) is 12.1. The average Bonchev–Trinajstić information content (AvgIpc) is 3.11. The quantitative estimate of drug-likeness (QED) is 0.405. The van der Waals surface area contributed by atoms with E-state index in [1.807, 2.05) is 6.07 Å². The van der Waals surface area contributed by atoms with Crippen LogP contribution < -0.4 is 5.32 Å². The van der Waals surface area contributed by atoms with Gasteiger partial charge in [0.05, 0.1) is 28.2 Å². The van der Waals surface area contributed by atoms with Gasteiger partial charge in [-0.05, 0) is 42.5 Å². The van der Waals surface area contributed by atoms with E-state index >= 15 is 0 Å². The van der Waals surface area contributed by atoms with E-state index < -0.39 is 18.3 Å². The van der Waals surface area contributed by atoms with Gasteiger partial charge in [0.25, 0.3) is 0 Å². The van der Waals surface area contributed by atoms with Crippen LogP contribution >= 0.6 is 11.8 Å². The van der Waals surface area contributed by atoms with E-state index in [4.69, 9.17) is 0 Å². The largest absolute Gasteiger partial charge is 0.353 e. The summed E-state index contributed by atoms with van der Waals surface area (Å²) in [6.07, 6.45) is 1.58. The van der Waals surface area contributed by atoms with Crippen LogP contribution in [0.1, 0.15) is 11.5 Å². The van der Waals surface area contributed by atoms with E-state index in [1.54, 1.807) is 30.5 Å². The first-order valence-electron chi connectivity index (χ1n) is 8.45. The smallest absolute Gasteiger partial charge is 0.146 e. The fourth-order valence-corrected chi connectivity index (χ4v) is 3.54. The van der Waals surface area contributed by atoms with Gasteiger partial charge >= 0.3 is 0 Å². The van der Waals surface area contributed by atoms with E-state index in [-0.39, 0.29) is 5.69 Å². The lowest BCUT2D eigenvalue weighted by atomic mass is 10.2. The lowest BCUT2D eigenvalue weighted by molar-refractivity contribution is 0.475. The van der Waals surface area contributed by atoms with E-state index in [0.717, 1.165) is 40.0 Å². The van der Waals surface area contributed by atoms with Crippen molar-refractivity contribution >= 4 is 34.2 Å². The third kappa shape index (κ3) is 4.12. The second-order valence-electron chi connectivity index (χ2n) is 6.07. The van der Waals surface area contributed by atoms with Crippen LogP contribution in [0.15, 0.2) is 59.6 Å². The van der Waals surface area contributed by atoms with Gasteiger partial charge in [-0.1, -0.05) is 0 Å². The minimum atomic E-state index is -0.597. The number of imidazole rings is 1. The van der Waals surface area contributed by atoms with Crippen molar-refractivity contribution < 1.29 is 13.2 Å². The van der Waals surface area contributed by atoms with Crippen LogP contribution in [0.25, 0.3) is 11.0 Å². The van der Waals surface area contributed by atoms with Crippen LogP contribution in [0.4, 0.5) is 24.5 Å². The van der Waals surface area contributed by atoms with E-state index in [0.29, 0.717) is 17.1 Å². The van der Waals surface area contributed by atoms with E-state index in [9.17, 15) is 13.2 Å². The molecular formula is C20H15F3N4S. The van der Waals surface area contributed by atoms with Crippen molar-refractivity contribution in [2.24, 2.45) is 0 Å².